The third-order valence-corrected chi connectivity index (χ3v) is 3.12. The van der Waals surface area contributed by atoms with Crippen LogP contribution in [-0.2, 0) is 0 Å². The fourth-order valence-corrected chi connectivity index (χ4v) is 2.19. The molecule has 0 fully saturated rings. The Bertz CT molecular complexity index is 733. The van der Waals surface area contributed by atoms with E-state index in [1.807, 2.05) is 36.4 Å². The van der Waals surface area contributed by atoms with E-state index in [4.69, 9.17) is 0 Å². The Balaban J connectivity index is 2.18. The van der Waals surface area contributed by atoms with Crippen LogP contribution < -0.4 is 0 Å². The average Bonchev–Trinajstić information content (AvgIpc) is 2.86. The highest BCUT2D eigenvalue weighted by Gasteiger charge is 2.17. The van der Waals surface area contributed by atoms with Gasteiger partial charge in [-0.2, -0.15) is 0 Å². The van der Waals surface area contributed by atoms with E-state index >= 15 is 0 Å². The molecule has 4 nitrogen and oxygen atoms in total. The number of aromatic hydroxyl groups is 1. The van der Waals surface area contributed by atoms with Crippen molar-refractivity contribution in [3.63, 3.8) is 0 Å². The molecular formula is C15H13N3O. The number of allylic oxidation sites excluding steroid dienone is 1. The Morgan fingerprint density at radius 1 is 1.11 bits per heavy atom. The number of aromatic nitrogens is 3. The molecule has 1 N–H and O–H groups in total. The van der Waals surface area contributed by atoms with Crippen LogP contribution in [0.2, 0.25) is 0 Å². The highest BCUT2D eigenvalue weighted by atomic mass is 16.3. The first-order chi connectivity index (χ1) is 9.31. The summed E-state index contributed by atoms with van der Waals surface area (Å²) in [6, 6.07) is 14.7. The third-order valence-electron chi connectivity index (χ3n) is 3.12. The fourth-order valence-electron chi connectivity index (χ4n) is 2.19. The topological polar surface area (TPSA) is 50.9 Å². The minimum absolute atomic E-state index is 0.229. The molecule has 2 aromatic carbocycles. The monoisotopic (exact) mass is 251 g/mol. The molecular weight excluding hydrogens is 238 g/mol. The Morgan fingerprint density at radius 2 is 1.84 bits per heavy atom. The van der Waals surface area contributed by atoms with Crippen LogP contribution in [0, 0.1) is 0 Å². The number of fused-ring (bicyclic) bond motifs is 1. The molecule has 1 aromatic heterocycles. The number of nitrogens with zero attached hydrogens (tertiary/aromatic N) is 3. The average molecular weight is 251 g/mol. The molecule has 4 heteroatoms. The predicted molar refractivity (Wildman–Crippen MR) is 74.0 cm³/mol. The lowest BCUT2D eigenvalue weighted by molar-refractivity contribution is 0.457. The van der Waals surface area contributed by atoms with Crippen LogP contribution in [0.1, 0.15) is 11.6 Å². The fraction of sp³-hybridized carbons (Fsp3) is 0.0667. The smallest absolute Gasteiger partial charge is 0.121 e. The van der Waals surface area contributed by atoms with E-state index in [1.54, 1.807) is 22.9 Å². The van der Waals surface area contributed by atoms with Crippen molar-refractivity contribution in [2.45, 2.75) is 6.04 Å². The first kappa shape index (κ1) is 11.5. The maximum Gasteiger partial charge on any atom is 0.121 e. The van der Waals surface area contributed by atoms with Gasteiger partial charge in [-0.3, -0.25) is 0 Å². The molecule has 0 amide bonds. The van der Waals surface area contributed by atoms with Crippen molar-refractivity contribution in [2.24, 2.45) is 0 Å². The molecule has 1 heterocycles. The van der Waals surface area contributed by atoms with Crippen LogP contribution >= 0.6 is 0 Å². The second-order valence-electron chi connectivity index (χ2n) is 4.26. The number of para-hydroxylation sites is 2. The molecule has 0 bridgehead atoms. The minimum Gasteiger partial charge on any atom is -0.508 e. The zero-order chi connectivity index (χ0) is 13.2. The van der Waals surface area contributed by atoms with Crippen molar-refractivity contribution in [3.8, 4) is 5.75 Å². The number of phenolic OH excluding ortho intramolecular Hbond substituents is 1. The number of hydrogen-bond acceptors (Lipinski definition) is 3. The van der Waals surface area contributed by atoms with Gasteiger partial charge in [0.05, 0.1) is 5.52 Å². The van der Waals surface area contributed by atoms with Gasteiger partial charge < -0.3 is 5.11 Å². The van der Waals surface area contributed by atoms with E-state index in [0.29, 0.717) is 0 Å². The van der Waals surface area contributed by atoms with E-state index in [0.717, 1.165) is 16.6 Å². The van der Waals surface area contributed by atoms with Gasteiger partial charge in [0.2, 0.25) is 0 Å². The standard InChI is InChI=1S/C15H13N3O/c1-2-13(11-7-3-6-10-15(11)19)18-14-9-5-4-8-12(14)16-17-18/h2-10,13,19H,1H2. The summed E-state index contributed by atoms with van der Waals surface area (Å²) in [7, 11) is 0. The molecule has 0 radical (unpaired) electrons. The Labute approximate surface area is 110 Å². The Hall–Kier alpha value is -2.62. The molecule has 0 aliphatic heterocycles. The summed E-state index contributed by atoms with van der Waals surface area (Å²) in [5, 5.41) is 18.3. The van der Waals surface area contributed by atoms with Crippen molar-refractivity contribution < 1.29 is 5.11 Å². The summed E-state index contributed by atoms with van der Waals surface area (Å²) in [4.78, 5) is 0. The van der Waals surface area contributed by atoms with E-state index in [9.17, 15) is 5.11 Å². The SMILES string of the molecule is C=CC(c1ccccc1O)n1nnc2ccccc21. The molecule has 1 unspecified atom stereocenters. The van der Waals surface area contributed by atoms with E-state index in [2.05, 4.69) is 16.9 Å². The quantitative estimate of drug-likeness (QED) is 0.728. The maximum atomic E-state index is 9.97. The second-order valence-corrected chi connectivity index (χ2v) is 4.26. The number of phenols is 1. The van der Waals surface area contributed by atoms with Crippen molar-refractivity contribution in [1.29, 1.82) is 0 Å². The van der Waals surface area contributed by atoms with Crippen LogP contribution in [-0.4, -0.2) is 20.1 Å². The van der Waals surface area contributed by atoms with Gasteiger partial charge in [-0.25, -0.2) is 4.68 Å². The molecule has 94 valence electrons. The zero-order valence-electron chi connectivity index (χ0n) is 10.3. The minimum atomic E-state index is -0.242. The molecule has 3 rings (SSSR count). The van der Waals surface area contributed by atoms with E-state index < -0.39 is 0 Å². The van der Waals surface area contributed by atoms with Crippen molar-refractivity contribution >= 4 is 11.0 Å². The molecule has 19 heavy (non-hydrogen) atoms. The van der Waals surface area contributed by atoms with Gasteiger partial charge in [-0.1, -0.05) is 41.6 Å². The first-order valence-corrected chi connectivity index (χ1v) is 6.01. The first-order valence-electron chi connectivity index (χ1n) is 6.01. The van der Waals surface area contributed by atoms with Crippen molar-refractivity contribution in [1.82, 2.24) is 15.0 Å². The lowest BCUT2D eigenvalue weighted by atomic mass is 10.1. The van der Waals surface area contributed by atoms with Crippen molar-refractivity contribution in [3.05, 3.63) is 66.7 Å². The van der Waals surface area contributed by atoms with Crippen LogP contribution in [0.25, 0.3) is 11.0 Å². The van der Waals surface area contributed by atoms with Crippen LogP contribution in [0.5, 0.6) is 5.75 Å². The summed E-state index contributed by atoms with van der Waals surface area (Å²) < 4.78 is 1.76. The maximum absolute atomic E-state index is 9.97. The molecule has 0 saturated carbocycles. The van der Waals surface area contributed by atoms with Gasteiger partial charge in [0.1, 0.15) is 17.3 Å². The second kappa shape index (κ2) is 4.57. The van der Waals surface area contributed by atoms with Gasteiger partial charge in [0.25, 0.3) is 0 Å². The van der Waals surface area contributed by atoms with Crippen LogP contribution in [0.3, 0.4) is 0 Å². The van der Waals surface area contributed by atoms with Crippen LogP contribution in [0.4, 0.5) is 0 Å². The summed E-state index contributed by atoms with van der Waals surface area (Å²) in [5.41, 5.74) is 2.49. The molecule has 0 aliphatic carbocycles. The largest absolute Gasteiger partial charge is 0.508 e. The van der Waals surface area contributed by atoms with Crippen LogP contribution in [0.15, 0.2) is 61.2 Å². The summed E-state index contributed by atoms with van der Waals surface area (Å²) in [6.45, 7) is 3.84. The molecule has 3 aromatic rings. The van der Waals surface area contributed by atoms with Gasteiger partial charge in [-0.15, -0.1) is 11.7 Å². The number of hydrogen-bond donors (Lipinski definition) is 1. The molecule has 1 atom stereocenters. The van der Waals surface area contributed by atoms with E-state index in [1.165, 1.54) is 0 Å². The third kappa shape index (κ3) is 1.87. The predicted octanol–water partition coefficient (Wildman–Crippen LogP) is 2.91. The molecule has 0 spiro atoms. The molecule has 0 aliphatic rings. The van der Waals surface area contributed by atoms with E-state index in [-0.39, 0.29) is 11.8 Å². The molecule has 0 saturated heterocycles. The summed E-state index contributed by atoms with van der Waals surface area (Å²) >= 11 is 0. The zero-order valence-corrected chi connectivity index (χ0v) is 10.3. The van der Waals surface area contributed by atoms with Gasteiger partial charge in [0, 0.05) is 5.56 Å². The summed E-state index contributed by atoms with van der Waals surface area (Å²) in [6.07, 6.45) is 1.75. The summed E-state index contributed by atoms with van der Waals surface area (Å²) in [5.74, 6) is 0.229. The normalized spacial score (nSPS) is 12.4. The lowest BCUT2D eigenvalue weighted by Crippen LogP contribution is -2.09. The van der Waals surface area contributed by atoms with Gasteiger partial charge >= 0.3 is 0 Å². The highest BCUT2D eigenvalue weighted by molar-refractivity contribution is 5.74. The van der Waals surface area contributed by atoms with Gasteiger partial charge in [-0.05, 0) is 18.2 Å². The Kier molecular flexibility index (Phi) is 2.76. The number of benzene rings is 2. The van der Waals surface area contributed by atoms with Crippen molar-refractivity contribution in [2.75, 3.05) is 0 Å². The Morgan fingerprint density at radius 3 is 2.63 bits per heavy atom. The highest BCUT2D eigenvalue weighted by Crippen LogP contribution is 2.29. The van der Waals surface area contributed by atoms with Gasteiger partial charge in [0.15, 0.2) is 0 Å². The number of rotatable bonds is 3. The lowest BCUT2D eigenvalue weighted by Gasteiger charge is -2.15.